The lowest BCUT2D eigenvalue weighted by molar-refractivity contribution is -0.148. The molecule has 1 aliphatic rings. The Labute approximate surface area is 195 Å². The third-order valence-electron chi connectivity index (χ3n) is 5.54. The van der Waals surface area contributed by atoms with E-state index in [1.807, 2.05) is 52.2 Å². The van der Waals surface area contributed by atoms with Crippen molar-refractivity contribution >= 4 is 23.4 Å². The molecule has 7 heteroatoms. The van der Waals surface area contributed by atoms with Gasteiger partial charge in [0.05, 0.1) is 24.7 Å². The molecule has 6 nitrogen and oxygen atoms in total. The number of thioether (sulfide) groups is 1. The number of oxazole rings is 1. The van der Waals surface area contributed by atoms with Crippen molar-refractivity contribution in [2.75, 3.05) is 44.6 Å². The smallest absolute Gasteiger partial charge is 0.322 e. The van der Waals surface area contributed by atoms with Gasteiger partial charge in [-0.25, -0.2) is 4.98 Å². The van der Waals surface area contributed by atoms with Crippen LogP contribution in [0.25, 0.3) is 11.5 Å². The molecule has 1 aliphatic carbocycles. The van der Waals surface area contributed by atoms with Crippen molar-refractivity contribution in [2.45, 2.75) is 44.3 Å². The van der Waals surface area contributed by atoms with Crippen LogP contribution >= 0.6 is 11.8 Å². The molecule has 1 aromatic carbocycles. The molecule has 0 N–H and O–H groups in total. The first-order valence-corrected chi connectivity index (χ1v) is 12.0. The van der Waals surface area contributed by atoms with E-state index >= 15 is 0 Å². The predicted molar refractivity (Wildman–Crippen MR) is 129 cm³/mol. The van der Waals surface area contributed by atoms with Crippen LogP contribution in [0, 0.1) is 18.8 Å². The van der Waals surface area contributed by atoms with Crippen LogP contribution in [0.4, 0.5) is 5.69 Å². The van der Waals surface area contributed by atoms with Gasteiger partial charge >= 0.3 is 5.97 Å². The van der Waals surface area contributed by atoms with Crippen molar-refractivity contribution in [3.8, 4) is 23.3 Å². The zero-order chi connectivity index (χ0) is 23.0. The number of carbonyl (C=O) groups excluding carboxylic acids is 1. The fourth-order valence-corrected chi connectivity index (χ4v) is 4.63. The molecule has 0 atom stereocenters. The van der Waals surface area contributed by atoms with Gasteiger partial charge in [-0.3, -0.25) is 4.79 Å². The van der Waals surface area contributed by atoms with Crippen LogP contribution in [0.15, 0.2) is 28.7 Å². The first-order chi connectivity index (χ1) is 15.4. The highest BCUT2D eigenvalue weighted by atomic mass is 32.2. The van der Waals surface area contributed by atoms with Crippen molar-refractivity contribution in [1.29, 1.82) is 0 Å². The van der Waals surface area contributed by atoms with E-state index in [1.165, 1.54) is 0 Å². The normalized spacial score (nSPS) is 14.2. The summed E-state index contributed by atoms with van der Waals surface area (Å²) in [5, 5.41) is 0. The molecular formula is C25H32N2O4S. The summed E-state index contributed by atoms with van der Waals surface area (Å²) in [5.41, 5.74) is 3.00. The molecule has 2 aromatic rings. The van der Waals surface area contributed by atoms with Gasteiger partial charge in [0, 0.05) is 31.8 Å². The van der Waals surface area contributed by atoms with Gasteiger partial charge in [-0.2, -0.15) is 0 Å². The van der Waals surface area contributed by atoms with Gasteiger partial charge in [-0.05, 0) is 57.4 Å². The molecule has 1 heterocycles. The maximum Gasteiger partial charge on any atom is 0.322 e. The van der Waals surface area contributed by atoms with Crippen LogP contribution in [0.2, 0.25) is 0 Å². The van der Waals surface area contributed by atoms with Crippen LogP contribution in [0.5, 0.6) is 0 Å². The fourth-order valence-electron chi connectivity index (χ4n) is 3.42. The average Bonchev–Trinajstić information content (AvgIpc) is 3.12. The number of benzene rings is 1. The van der Waals surface area contributed by atoms with Gasteiger partial charge in [0.1, 0.15) is 17.1 Å². The second-order valence-electron chi connectivity index (χ2n) is 7.98. The topological polar surface area (TPSA) is 64.8 Å². The van der Waals surface area contributed by atoms with Gasteiger partial charge in [0.15, 0.2) is 0 Å². The lowest BCUT2D eigenvalue weighted by Gasteiger charge is -2.37. The summed E-state index contributed by atoms with van der Waals surface area (Å²) in [6, 6.07) is 8.14. The van der Waals surface area contributed by atoms with Crippen LogP contribution in [-0.2, 0) is 20.7 Å². The number of nitrogens with zero attached hydrogens (tertiary/aromatic N) is 2. The molecule has 0 unspecified atom stereocenters. The number of ether oxygens (including phenoxy) is 2. The Morgan fingerprint density at radius 3 is 2.62 bits per heavy atom. The molecule has 0 amide bonds. The number of carbonyl (C=O) groups is 1. The Kier molecular flexibility index (Phi) is 8.66. The first kappa shape index (κ1) is 24.2. The van der Waals surface area contributed by atoms with Gasteiger partial charge in [-0.1, -0.05) is 11.8 Å². The Balaban J connectivity index is 1.40. The Hall–Kier alpha value is -2.43. The molecule has 172 valence electrons. The molecule has 32 heavy (non-hydrogen) atoms. The van der Waals surface area contributed by atoms with Crippen molar-refractivity contribution in [1.82, 2.24) is 4.98 Å². The number of hydrogen-bond acceptors (Lipinski definition) is 7. The van der Waals surface area contributed by atoms with Gasteiger partial charge in [-0.15, -0.1) is 11.8 Å². The van der Waals surface area contributed by atoms with Crippen molar-refractivity contribution in [2.24, 2.45) is 0 Å². The van der Waals surface area contributed by atoms with E-state index in [9.17, 15) is 4.79 Å². The fraction of sp³-hybridized carbons (Fsp3) is 0.520. The van der Waals surface area contributed by atoms with Crippen molar-refractivity contribution in [3.63, 3.8) is 0 Å². The minimum atomic E-state index is -0.374. The molecule has 0 radical (unpaired) electrons. The monoisotopic (exact) mass is 456 g/mol. The number of rotatable bonds is 10. The van der Waals surface area contributed by atoms with E-state index < -0.39 is 0 Å². The zero-order valence-electron chi connectivity index (χ0n) is 19.4. The Bertz CT molecular complexity index is 953. The summed E-state index contributed by atoms with van der Waals surface area (Å²) in [6.07, 6.45) is 3.52. The SMILES string of the molecule is CCOC(=O)C1(SCC#CCOCCc2nc(-c3ccc(N(C)C)cc3)oc2C)CCC1. The number of anilines is 1. The maximum atomic E-state index is 12.1. The van der Waals surface area contributed by atoms with E-state index in [0.29, 0.717) is 37.9 Å². The molecule has 0 spiro atoms. The molecule has 0 bridgehead atoms. The maximum absolute atomic E-state index is 12.1. The number of aryl methyl sites for hydroxylation is 1. The second kappa shape index (κ2) is 11.4. The first-order valence-electron chi connectivity index (χ1n) is 11.0. The van der Waals surface area contributed by atoms with Crippen LogP contribution < -0.4 is 4.90 Å². The molecule has 0 aliphatic heterocycles. The van der Waals surface area contributed by atoms with Crippen molar-refractivity contribution in [3.05, 3.63) is 35.7 Å². The highest BCUT2D eigenvalue weighted by Gasteiger charge is 2.45. The summed E-state index contributed by atoms with van der Waals surface area (Å²) in [4.78, 5) is 18.8. The van der Waals surface area contributed by atoms with Crippen molar-refractivity contribution < 1.29 is 18.7 Å². The van der Waals surface area contributed by atoms with E-state index in [-0.39, 0.29) is 10.7 Å². The minimum Gasteiger partial charge on any atom is -0.465 e. The third-order valence-corrected chi connectivity index (χ3v) is 6.95. The lowest BCUT2D eigenvalue weighted by atomic mass is 9.84. The van der Waals surface area contributed by atoms with Crippen LogP contribution in [0.1, 0.15) is 37.6 Å². The van der Waals surface area contributed by atoms with Gasteiger partial charge in [0.2, 0.25) is 5.89 Å². The molecule has 0 saturated heterocycles. The Morgan fingerprint density at radius 1 is 1.25 bits per heavy atom. The predicted octanol–water partition coefficient (Wildman–Crippen LogP) is 4.50. The third kappa shape index (κ3) is 6.08. The minimum absolute atomic E-state index is 0.0923. The van der Waals surface area contributed by atoms with Crippen LogP contribution in [-0.4, -0.2) is 55.4 Å². The largest absolute Gasteiger partial charge is 0.465 e. The molecule has 1 fully saturated rings. The second-order valence-corrected chi connectivity index (χ2v) is 9.34. The lowest BCUT2D eigenvalue weighted by Crippen LogP contribution is -2.43. The number of hydrogen-bond donors (Lipinski definition) is 0. The highest BCUT2D eigenvalue weighted by Crippen LogP contribution is 2.44. The van der Waals surface area contributed by atoms with Gasteiger partial charge < -0.3 is 18.8 Å². The molecule has 1 aromatic heterocycles. The molecular weight excluding hydrogens is 424 g/mol. The van der Waals surface area contributed by atoms with E-state index in [1.54, 1.807) is 11.8 Å². The van der Waals surface area contributed by atoms with Crippen LogP contribution in [0.3, 0.4) is 0 Å². The van der Waals surface area contributed by atoms with E-state index in [0.717, 1.165) is 42.0 Å². The van der Waals surface area contributed by atoms with E-state index in [4.69, 9.17) is 13.9 Å². The van der Waals surface area contributed by atoms with Gasteiger partial charge in [0.25, 0.3) is 0 Å². The summed E-state index contributed by atoms with van der Waals surface area (Å²) in [7, 11) is 4.03. The summed E-state index contributed by atoms with van der Waals surface area (Å²) >= 11 is 1.60. The quantitative estimate of drug-likeness (QED) is 0.296. The molecule has 3 rings (SSSR count). The Morgan fingerprint density at radius 2 is 2.00 bits per heavy atom. The summed E-state index contributed by atoms with van der Waals surface area (Å²) < 4.78 is 16.3. The summed E-state index contributed by atoms with van der Waals surface area (Å²) in [5.74, 6) is 8.09. The molecule has 1 saturated carbocycles. The average molecular weight is 457 g/mol. The zero-order valence-corrected chi connectivity index (χ0v) is 20.2. The number of aromatic nitrogens is 1. The summed E-state index contributed by atoms with van der Waals surface area (Å²) in [6.45, 7) is 5.09. The number of esters is 1. The highest BCUT2D eigenvalue weighted by molar-refractivity contribution is 8.01. The van der Waals surface area contributed by atoms with E-state index in [2.05, 4.69) is 21.7 Å². The standard InChI is InChI=1S/C25H32N2O4S/c1-5-30-24(28)25(14-8-15-25)32-18-7-6-16-29-17-13-22-19(2)31-23(26-22)20-9-11-21(12-10-20)27(3)4/h9-12H,5,8,13-18H2,1-4H3.